The first kappa shape index (κ1) is 74.3. The SMILES string of the molecule is CC/C=C\C/C=C\C/C=C\C/C=C\C/C=C\C/C=C\C/C=C\C/C=C\CCCCCCC(=O)OCC(COC(=O)CCCCCCCCCCCCC)OC(=O)CCCCCCCCCC/C=C\C/C=C\C/C=C\C/C=C\CC. The fourth-order valence-electron chi connectivity index (χ4n) is 8.57. The van der Waals surface area contributed by atoms with Crippen molar-refractivity contribution in [1.29, 1.82) is 0 Å². The largest absolute Gasteiger partial charge is 0.462 e. The lowest BCUT2D eigenvalue weighted by Crippen LogP contribution is -2.30. The van der Waals surface area contributed by atoms with Gasteiger partial charge in [0.2, 0.25) is 0 Å². The molecule has 6 nitrogen and oxygen atoms in total. The number of esters is 3. The highest BCUT2D eigenvalue weighted by molar-refractivity contribution is 5.71. The fraction of sp³-hybridized carbons (Fsp3) is 0.630. The second-order valence-corrected chi connectivity index (χ2v) is 20.9. The lowest BCUT2D eigenvalue weighted by molar-refractivity contribution is -0.167. The third-order valence-electron chi connectivity index (χ3n) is 13.3. The molecule has 6 heteroatoms. The normalized spacial score (nSPS) is 13.1. The smallest absolute Gasteiger partial charge is 0.306 e. The summed E-state index contributed by atoms with van der Waals surface area (Å²) < 4.78 is 16.9. The van der Waals surface area contributed by atoms with E-state index in [1.165, 1.54) is 83.5 Å². The summed E-state index contributed by atoms with van der Waals surface area (Å²) in [5, 5.41) is 0. The van der Waals surface area contributed by atoms with Gasteiger partial charge in [-0.05, 0) is 122 Å². The van der Waals surface area contributed by atoms with E-state index in [0.29, 0.717) is 19.3 Å². The van der Waals surface area contributed by atoms with Crippen LogP contribution in [-0.2, 0) is 28.6 Å². The van der Waals surface area contributed by atoms with Gasteiger partial charge in [-0.25, -0.2) is 0 Å². The quantitative estimate of drug-likeness (QED) is 0.0261. The van der Waals surface area contributed by atoms with Gasteiger partial charge in [0.1, 0.15) is 13.2 Å². The van der Waals surface area contributed by atoms with E-state index in [9.17, 15) is 14.4 Å². The Bertz CT molecular complexity index is 1730. The summed E-state index contributed by atoms with van der Waals surface area (Å²) in [4.78, 5) is 38.3. The first-order chi connectivity index (χ1) is 39.0. The van der Waals surface area contributed by atoms with Crippen LogP contribution in [0.25, 0.3) is 0 Å². The number of hydrogen-bond donors (Lipinski definition) is 0. The van der Waals surface area contributed by atoms with Crippen molar-refractivity contribution >= 4 is 17.9 Å². The molecule has 0 amide bonds. The van der Waals surface area contributed by atoms with Gasteiger partial charge in [0, 0.05) is 19.3 Å². The number of unbranched alkanes of at least 4 members (excludes halogenated alkanes) is 22. The zero-order valence-electron chi connectivity index (χ0n) is 51.1. The van der Waals surface area contributed by atoms with E-state index < -0.39 is 6.10 Å². The molecule has 0 heterocycles. The predicted octanol–water partition coefficient (Wildman–Crippen LogP) is 22.3. The summed E-state index contributed by atoms with van der Waals surface area (Å²) >= 11 is 0. The van der Waals surface area contributed by atoms with Gasteiger partial charge >= 0.3 is 17.9 Å². The molecule has 1 atom stereocenters. The second-order valence-electron chi connectivity index (χ2n) is 20.9. The average Bonchev–Trinajstić information content (AvgIpc) is 3.45. The van der Waals surface area contributed by atoms with Gasteiger partial charge in [-0.3, -0.25) is 14.4 Å². The van der Waals surface area contributed by atoms with Crippen LogP contribution in [0.3, 0.4) is 0 Å². The summed E-state index contributed by atoms with van der Waals surface area (Å²) in [6.45, 7) is 6.38. The summed E-state index contributed by atoms with van der Waals surface area (Å²) in [6.07, 6.45) is 94.2. The molecule has 0 saturated carbocycles. The molecule has 0 aromatic heterocycles. The van der Waals surface area contributed by atoms with Gasteiger partial charge in [-0.1, -0.05) is 282 Å². The molecular formula is C73H118O6. The molecule has 0 aliphatic carbocycles. The summed E-state index contributed by atoms with van der Waals surface area (Å²) in [5.41, 5.74) is 0. The molecule has 0 aromatic carbocycles. The van der Waals surface area contributed by atoms with Crippen molar-refractivity contribution in [2.75, 3.05) is 13.2 Å². The van der Waals surface area contributed by atoms with Crippen LogP contribution in [0.4, 0.5) is 0 Å². The van der Waals surface area contributed by atoms with Crippen LogP contribution in [0.5, 0.6) is 0 Å². The predicted molar refractivity (Wildman–Crippen MR) is 343 cm³/mol. The molecule has 79 heavy (non-hydrogen) atoms. The van der Waals surface area contributed by atoms with Gasteiger partial charge in [0.25, 0.3) is 0 Å². The van der Waals surface area contributed by atoms with E-state index in [1.807, 2.05) is 0 Å². The van der Waals surface area contributed by atoms with Crippen molar-refractivity contribution < 1.29 is 28.6 Å². The number of carbonyl (C=O) groups is 3. The number of carbonyl (C=O) groups excluding carboxylic acids is 3. The molecule has 446 valence electrons. The Hall–Kier alpha value is -4.71. The van der Waals surface area contributed by atoms with Crippen LogP contribution in [0, 0.1) is 0 Å². The Balaban J connectivity index is 4.38. The first-order valence-corrected chi connectivity index (χ1v) is 32.3. The molecule has 0 spiro atoms. The maximum absolute atomic E-state index is 12.9. The summed E-state index contributed by atoms with van der Waals surface area (Å²) in [5.74, 6) is -0.927. The minimum Gasteiger partial charge on any atom is -0.462 e. The molecule has 0 aliphatic rings. The van der Waals surface area contributed by atoms with E-state index in [0.717, 1.165) is 154 Å². The molecule has 0 radical (unpaired) electrons. The van der Waals surface area contributed by atoms with E-state index >= 15 is 0 Å². The van der Waals surface area contributed by atoms with Crippen molar-refractivity contribution in [3.05, 3.63) is 146 Å². The lowest BCUT2D eigenvalue weighted by atomic mass is 10.1. The third kappa shape index (κ3) is 64.0. The zero-order valence-corrected chi connectivity index (χ0v) is 51.1. The molecule has 0 bridgehead atoms. The Labute approximate surface area is 487 Å². The maximum atomic E-state index is 12.9. The highest BCUT2D eigenvalue weighted by Gasteiger charge is 2.19. The molecule has 0 fully saturated rings. The van der Waals surface area contributed by atoms with Gasteiger partial charge in [-0.15, -0.1) is 0 Å². The van der Waals surface area contributed by atoms with E-state index in [-0.39, 0.29) is 31.1 Å². The van der Waals surface area contributed by atoms with Gasteiger partial charge in [0.15, 0.2) is 6.10 Å². The van der Waals surface area contributed by atoms with E-state index in [2.05, 4.69) is 167 Å². The number of allylic oxidation sites excluding steroid dienone is 24. The standard InChI is InChI=1S/C73H118O6/c1-4-7-10-13-16-19-22-24-26-28-30-32-33-34-35-36-37-38-39-41-42-44-46-48-51-54-57-60-63-66-72(75)78-69-70(68-77-71(74)65-62-59-56-53-50-21-18-15-12-9-6-3)79-73(76)67-64-61-58-55-52-49-47-45-43-40-31-29-27-25-23-20-17-14-11-8-5-2/h7-8,10-11,16-17,19-20,24-27,30-32,34-35,37-38,40-42,46,48,70H,4-6,9,12-15,18,21-23,28-29,33,36,39,43-45,47,49-69H2,1-3H3/b10-7-,11-8-,19-16-,20-17-,26-24-,27-25-,32-30-,35-34-,38-37-,40-31-,42-41-,48-46-. The molecule has 0 aromatic rings. The van der Waals surface area contributed by atoms with Crippen molar-refractivity contribution in [3.8, 4) is 0 Å². The monoisotopic (exact) mass is 1090 g/mol. The molecule has 0 rings (SSSR count). The molecule has 0 saturated heterocycles. The van der Waals surface area contributed by atoms with Crippen LogP contribution in [-0.4, -0.2) is 37.2 Å². The summed E-state index contributed by atoms with van der Waals surface area (Å²) in [7, 11) is 0. The van der Waals surface area contributed by atoms with Crippen molar-refractivity contribution in [3.63, 3.8) is 0 Å². The van der Waals surface area contributed by atoms with Crippen molar-refractivity contribution in [1.82, 2.24) is 0 Å². The highest BCUT2D eigenvalue weighted by atomic mass is 16.6. The third-order valence-corrected chi connectivity index (χ3v) is 13.3. The molecule has 1 unspecified atom stereocenters. The van der Waals surface area contributed by atoms with Gasteiger partial charge in [0.05, 0.1) is 0 Å². The molecule has 0 aliphatic heterocycles. The van der Waals surface area contributed by atoms with Gasteiger partial charge in [-0.2, -0.15) is 0 Å². The maximum Gasteiger partial charge on any atom is 0.306 e. The Kier molecular flexibility index (Phi) is 61.9. The van der Waals surface area contributed by atoms with Crippen molar-refractivity contribution in [2.45, 2.75) is 284 Å². The highest BCUT2D eigenvalue weighted by Crippen LogP contribution is 2.15. The fourth-order valence-corrected chi connectivity index (χ4v) is 8.57. The Morgan fingerprint density at radius 3 is 0.772 bits per heavy atom. The lowest BCUT2D eigenvalue weighted by Gasteiger charge is -2.18. The molecule has 0 N–H and O–H groups in total. The van der Waals surface area contributed by atoms with Crippen LogP contribution >= 0.6 is 0 Å². The van der Waals surface area contributed by atoms with Crippen LogP contribution in [0.2, 0.25) is 0 Å². The average molecular weight is 1090 g/mol. The first-order valence-electron chi connectivity index (χ1n) is 32.3. The topological polar surface area (TPSA) is 78.9 Å². The minimum atomic E-state index is -0.798. The Morgan fingerprint density at radius 2 is 0.494 bits per heavy atom. The van der Waals surface area contributed by atoms with Crippen LogP contribution in [0.15, 0.2) is 146 Å². The van der Waals surface area contributed by atoms with Crippen molar-refractivity contribution in [2.24, 2.45) is 0 Å². The number of ether oxygens (including phenoxy) is 3. The zero-order chi connectivity index (χ0) is 57.1. The summed E-state index contributed by atoms with van der Waals surface area (Å²) in [6, 6.07) is 0. The second kappa shape index (κ2) is 65.8. The van der Waals surface area contributed by atoms with E-state index in [1.54, 1.807) is 0 Å². The van der Waals surface area contributed by atoms with Gasteiger partial charge < -0.3 is 14.2 Å². The minimum absolute atomic E-state index is 0.0923. The Morgan fingerprint density at radius 1 is 0.266 bits per heavy atom. The number of rotatable bonds is 57. The van der Waals surface area contributed by atoms with Crippen LogP contribution in [0.1, 0.15) is 278 Å². The van der Waals surface area contributed by atoms with E-state index in [4.69, 9.17) is 14.2 Å². The molecular weight excluding hydrogens is 973 g/mol. The van der Waals surface area contributed by atoms with Crippen LogP contribution < -0.4 is 0 Å². The number of hydrogen-bond acceptors (Lipinski definition) is 6.